The Balaban J connectivity index is 2.86. The largest absolute Gasteiger partial charge is 0.390 e. The Kier molecular flexibility index (Phi) is 10.1. The van der Waals surface area contributed by atoms with Crippen molar-refractivity contribution in [3.63, 3.8) is 0 Å². The van der Waals surface area contributed by atoms with E-state index in [1.54, 1.807) is 0 Å². The first-order valence-corrected chi connectivity index (χ1v) is 12.6. The van der Waals surface area contributed by atoms with Crippen LogP contribution in [0.3, 0.4) is 0 Å². The topological polar surface area (TPSA) is 57.5 Å². The standard InChI is InChI=1S/C27H52O3/c1-9-13-23(28)22-15-14-21(20-24(22,2)3)27(8,19-12-17-26(6,7)30)18-11-10-16-25(4,5)29/h21-22,29-30H,9-20H2,1-8H3/t21-,22?,27?/m0/s1. The fourth-order valence-corrected chi connectivity index (χ4v) is 5.79. The summed E-state index contributed by atoms with van der Waals surface area (Å²) in [5.74, 6) is 1.31. The third-order valence-electron chi connectivity index (χ3n) is 7.71. The van der Waals surface area contributed by atoms with Crippen LogP contribution in [0.15, 0.2) is 0 Å². The maximum atomic E-state index is 12.7. The Morgan fingerprint density at radius 2 is 1.37 bits per heavy atom. The normalized spacial score (nSPS) is 24.5. The zero-order valence-electron chi connectivity index (χ0n) is 21.4. The molecule has 0 bridgehead atoms. The zero-order chi connectivity index (χ0) is 23.2. The average Bonchev–Trinajstić information content (AvgIpc) is 2.56. The summed E-state index contributed by atoms with van der Waals surface area (Å²) in [5, 5.41) is 20.3. The molecule has 1 saturated carbocycles. The van der Waals surface area contributed by atoms with Crippen LogP contribution >= 0.6 is 0 Å². The highest BCUT2D eigenvalue weighted by Crippen LogP contribution is 2.53. The van der Waals surface area contributed by atoms with E-state index in [9.17, 15) is 15.0 Å². The second-order valence-corrected chi connectivity index (χ2v) is 12.6. The summed E-state index contributed by atoms with van der Waals surface area (Å²) in [6, 6.07) is 0. The van der Waals surface area contributed by atoms with Crippen molar-refractivity contribution in [2.45, 2.75) is 144 Å². The molecule has 178 valence electrons. The SMILES string of the molecule is CCCC(=O)C1CC[C@H](C(C)(CCCCC(C)(C)O)CCCC(C)(C)O)CC1(C)C. The number of aliphatic hydroxyl groups is 2. The second-order valence-electron chi connectivity index (χ2n) is 12.6. The fourth-order valence-electron chi connectivity index (χ4n) is 5.79. The number of hydrogen-bond acceptors (Lipinski definition) is 3. The molecule has 0 aromatic carbocycles. The first-order chi connectivity index (χ1) is 13.6. The van der Waals surface area contributed by atoms with Crippen molar-refractivity contribution >= 4 is 5.78 Å². The maximum absolute atomic E-state index is 12.7. The Labute approximate surface area is 187 Å². The van der Waals surface area contributed by atoms with E-state index in [1.165, 1.54) is 6.42 Å². The smallest absolute Gasteiger partial charge is 0.136 e. The van der Waals surface area contributed by atoms with Gasteiger partial charge in [-0.25, -0.2) is 0 Å². The minimum Gasteiger partial charge on any atom is -0.390 e. The van der Waals surface area contributed by atoms with Gasteiger partial charge in [0.1, 0.15) is 5.78 Å². The molecule has 0 aromatic rings. The quantitative estimate of drug-likeness (QED) is 0.311. The van der Waals surface area contributed by atoms with Gasteiger partial charge in [-0.15, -0.1) is 0 Å². The number of unbranched alkanes of at least 4 members (excludes halogenated alkanes) is 1. The predicted octanol–water partition coefficient (Wildman–Crippen LogP) is 7.08. The van der Waals surface area contributed by atoms with E-state index < -0.39 is 11.2 Å². The summed E-state index contributed by atoms with van der Waals surface area (Å²) in [4.78, 5) is 12.7. The lowest BCUT2D eigenvalue weighted by Crippen LogP contribution is -2.42. The van der Waals surface area contributed by atoms with Gasteiger partial charge in [0, 0.05) is 12.3 Å². The van der Waals surface area contributed by atoms with Crippen molar-refractivity contribution in [2.24, 2.45) is 22.7 Å². The third kappa shape index (κ3) is 9.39. The van der Waals surface area contributed by atoms with Gasteiger partial charge in [0.05, 0.1) is 11.2 Å². The Bertz CT molecular complexity index is 523. The zero-order valence-corrected chi connectivity index (χ0v) is 21.4. The number of ketones is 1. The monoisotopic (exact) mass is 424 g/mol. The molecule has 1 fully saturated rings. The number of rotatable bonds is 13. The minimum absolute atomic E-state index is 0.0692. The highest BCUT2D eigenvalue weighted by atomic mass is 16.3. The maximum Gasteiger partial charge on any atom is 0.136 e. The van der Waals surface area contributed by atoms with Crippen molar-refractivity contribution in [2.75, 3.05) is 0 Å². The van der Waals surface area contributed by atoms with E-state index in [0.717, 1.165) is 70.6 Å². The van der Waals surface area contributed by atoms with Crippen molar-refractivity contribution < 1.29 is 15.0 Å². The molecule has 3 heteroatoms. The van der Waals surface area contributed by atoms with Gasteiger partial charge in [-0.2, -0.15) is 0 Å². The van der Waals surface area contributed by atoms with Crippen molar-refractivity contribution in [3.8, 4) is 0 Å². The molecule has 2 N–H and O–H groups in total. The van der Waals surface area contributed by atoms with E-state index in [4.69, 9.17) is 0 Å². The molecule has 0 heterocycles. The summed E-state index contributed by atoms with van der Waals surface area (Å²) in [5.41, 5.74) is -0.886. The van der Waals surface area contributed by atoms with E-state index >= 15 is 0 Å². The third-order valence-corrected chi connectivity index (χ3v) is 7.71. The molecule has 1 aliphatic rings. The molecule has 30 heavy (non-hydrogen) atoms. The molecule has 2 unspecified atom stereocenters. The van der Waals surface area contributed by atoms with Gasteiger partial charge in [0.25, 0.3) is 0 Å². The Hall–Kier alpha value is -0.410. The van der Waals surface area contributed by atoms with E-state index in [2.05, 4.69) is 27.7 Å². The van der Waals surface area contributed by atoms with Crippen LogP contribution in [-0.4, -0.2) is 27.2 Å². The van der Waals surface area contributed by atoms with Crippen LogP contribution in [-0.2, 0) is 4.79 Å². The summed E-state index contributed by atoms with van der Waals surface area (Å²) in [7, 11) is 0. The first-order valence-electron chi connectivity index (χ1n) is 12.6. The molecular weight excluding hydrogens is 372 g/mol. The lowest BCUT2D eigenvalue weighted by molar-refractivity contribution is -0.130. The van der Waals surface area contributed by atoms with Crippen LogP contribution in [0, 0.1) is 22.7 Å². The number of carbonyl (C=O) groups excluding carboxylic acids is 1. The van der Waals surface area contributed by atoms with Gasteiger partial charge in [-0.1, -0.05) is 47.0 Å². The fraction of sp³-hybridized carbons (Fsp3) is 0.963. The summed E-state index contributed by atoms with van der Waals surface area (Å²) in [6.45, 7) is 16.8. The molecule has 1 aliphatic carbocycles. The predicted molar refractivity (Wildman–Crippen MR) is 128 cm³/mol. The van der Waals surface area contributed by atoms with Crippen molar-refractivity contribution in [1.82, 2.24) is 0 Å². The molecule has 0 amide bonds. The van der Waals surface area contributed by atoms with Crippen molar-refractivity contribution in [1.29, 1.82) is 0 Å². The van der Waals surface area contributed by atoms with Gasteiger partial charge in [-0.05, 0) is 95.8 Å². The Morgan fingerprint density at radius 3 is 1.87 bits per heavy atom. The molecule has 0 radical (unpaired) electrons. The molecule has 0 saturated heterocycles. The molecule has 3 nitrogen and oxygen atoms in total. The number of Topliss-reactive ketones (excluding diaryl/α,β-unsaturated/α-hetero) is 1. The lowest BCUT2D eigenvalue weighted by Gasteiger charge is -2.49. The minimum atomic E-state index is -0.606. The Morgan fingerprint density at radius 1 is 0.867 bits per heavy atom. The van der Waals surface area contributed by atoms with Gasteiger partial charge >= 0.3 is 0 Å². The van der Waals surface area contributed by atoms with Crippen LogP contribution in [0.1, 0.15) is 132 Å². The number of hydrogen-bond donors (Lipinski definition) is 2. The molecular formula is C27H52O3. The molecule has 3 atom stereocenters. The van der Waals surface area contributed by atoms with Crippen LogP contribution in [0.2, 0.25) is 0 Å². The van der Waals surface area contributed by atoms with E-state index in [1.807, 2.05) is 27.7 Å². The number of carbonyl (C=O) groups is 1. The van der Waals surface area contributed by atoms with E-state index in [0.29, 0.717) is 11.7 Å². The van der Waals surface area contributed by atoms with Crippen molar-refractivity contribution in [3.05, 3.63) is 0 Å². The van der Waals surface area contributed by atoms with Crippen LogP contribution < -0.4 is 0 Å². The second kappa shape index (κ2) is 10.9. The summed E-state index contributed by atoms with van der Waals surface area (Å²) in [6.07, 6.45) is 12.2. The highest BCUT2D eigenvalue weighted by molar-refractivity contribution is 5.81. The molecule has 0 spiro atoms. The van der Waals surface area contributed by atoms with Crippen LogP contribution in [0.5, 0.6) is 0 Å². The van der Waals surface area contributed by atoms with Crippen LogP contribution in [0.4, 0.5) is 0 Å². The van der Waals surface area contributed by atoms with Gasteiger partial charge in [-0.3, -0.25) is 4.79 Å². The molecule has 0 aromatic heterocycles. The summed E-state index contributed by atoms with van der Waals surface area (Å²) >= 11 is 0. The lowest BCUT2D eigenvalue weighted by atomic mass is 9.56. The van der Waals surface area contributed by atoms with E-state index in [-0.39, 0.29) is 16.7 Å². The molecule has 0 aliphatic heterocycles. The average molecular weight is 425 g/mol. The van der Waals surface area contributed by atoms with Crippen LogP contribution in [0.25, 0.3) is 0 Å². The molecule has 1 rings (SSSR count). The van der Waals surface area contributed by atoms with Gasteiger partial charge in [0.15, 0.2) is 0 Å². The first kappa shape index (κ1) is 27.6. The highest BCUT2D eigenvalue weighted by Gasteiger charge is 2.45. The van der Waals surface area contributed by atoms with Gasteiger partial charge in [0.2, 0.25) is 0 Å². The van der Waals surface area contributed by atoms with Gasteiger partial charge < -0.3 is 10.2 Å². The summed E-state index contributed by atoms with van der Waals surface area (Å²) < 4.78 is 0.